The molecule has 27 heavy (non-hydrogen) atoms. The third kappa shape index (κ3) is 6.43. The molecule has 1 aliphatic heterocycles. The lowest BCUT2D eigenvalue weighted by Crippen LogP contribution is -2.49. The molecule has 0 bridgehead atoms. The minimum atomic E-state index is -0.0565. The van der Waals surface area contributed by atoms with E-state index in [-0.39, 0.29) is 17.9 Å². The zero-order chi connectivity index (χ0) is 19.6. The average molecular weight is 377 g/mol. The topological polar surface area (TPSA) is 93.9 Å². The van der Waals surface area contributed by atoms with E-state index in [0.717, 1.165) is 42.9 Å². The van der Waals surface area contributed by atoms with Gasteiger partial charge in [-0.05, 0) is 43.4 Å². The van der Waals surface area contributed by atoms with Crippen molar-refractivity contribution in [2.24, 2.45) is 5.73 Å². The Hall–Kier alpha value is -2.28. The number of nitrogens with two attached hydrogens (primary N) is 1. The fourth-order valence-corrected chi connectivity index (χ4v) is 3.40. The number of amides is 2. The van der Waals surface area contributed by atoms with Crippen molar-refractivity contribution in [3.05, 3.63) is 23.8 Å². The number of hydrogen-bond acceptors (Lipinski definition) is 5. The van der Waals surface area contributed by atoms with Gasteiger partial charge in [-0.25, -0.2) is 0 Å². The Morgan fingerprint density at radius 3 is 2.48 bits per heavy atom. The summed E-state index contributed by atoms with van der Waals surface area (Å²) in [4.78, 5) is 26.4. The lowest BCUT2D eigenvalue weighted by Gasteiger charge is -2.36. The lowest BCUT2D eigenvalue weighted by atomic mass is 10.0. The Morgan fingerprint density at radius 1 is 1.15 bits per heavy atom. The van der Waals surface area contributed by atoms with Crippen LogP contribution in [0.2, 0.25) is 0 Å². The maximum absolute atomic E-state index is 12.8. The van der Waals surface area contributed by atoms with Crippen molar-refractivity contribution in [1.29, 1.82) is 0 Å². The second kappa shape index (κ2) is 10.8. The summed E-state index contributed by atoms with van der Waals surface area (Å²) in [6.07, 6.45) is 4.36. The van der Waals surface area contributed by atoms with E-state index in [1.807, 2.05) is 23.1 Å². The minimum Gasteiger partial charge on any atom is -0.497 e. The zero-order valence-corrected chi connectivity index (χ0v) is 16.3. The SMILES string of the molecule is COc1cc(CCC(=O)N2CCCCC2CNC(=O)CCN)cc(OC)c1. The number of benzene rings is 1. The van der Waals surface area contributed by atoms with Crippen molar-refractivity contribution in [3.8, 4) is 11.5 Å². The molecule has 1 fully saturated rings. The van der Waals surface area contributed by atoms with Gasteiger partial charge in [0, 0.05) is 44.6 Å². The zero-order valence-electron chi connectivity index (χ0n) is 16.3. The van der Waals surface area contributed by atoms with Gasteiger partial charge in [-0.15, -0.1) is 0 Å². The number of hydrogen-bond donors (Lipinski definition) is 2. The van der Waals surface area contributed by atoms with Crippen LogP contribution in [0.3, 0.4) is 0 Å². The van der Waals surface area contributed by atoms with E-state index in [2.05, 4.69) is 5.32 Å². The van der Waals surface area contributed by atoms with Gasteiger partial charge in [0.1, 0.15) is 11.5 Å². The van der Waals surface area contributed by atoms with Crippen LogP contribution in [-0.4, -0.2) is 56.6 Å². The number of aryl methyl sites for hydroxylation is 1. The van der Waals surface area contributed by atoms with E-state index in [4.69, 9.17) is 15.2 Å². The van der Waals surface area contributed by atoms with Gasteiger partial charge in [-0.3, -0.25) is 9.59 Å². The largest absolute Gasteiger partial charge is 0.497 e. The standard InChI is InChI=1S/C20H31N3O4/c1-26-17-11-15(12-18(13-17)27-2)6-7-20(25)23-10-4-3-5-16(23)14-22-19(24)8-9-21/h11-13,16H,3-10,14,21H2,1-2H3,(H,22,24). The molecule has 0 saturated carbocycles. The quantitative estimate of drug-likeness (QED) is 0.680. The summed E-state index contributed by atoms with van der Waals surface area (Å²) in [6, 6.07) is 5.73. The van der Waals surface area contributed by atoms with Crippen molar-refractivity contribution in [1.82, 2.24) is 10.2 Å². The van der Waals surface area contributed by atoms with Gasteiger partial charge in [0.05, 0.1) is 14.2 Å². The first-order valence-electron chi connectivity index (χ1n) is 9.55. The van der Waals surface area contributed by atoms with Gasteiger partial charge >= 0.3 is 0 Å². The fourth-order valence-electron chi connectivity index (χ4n) is 3.40. The van der Waals surface area contributed by atoms with Crippen LogP contribution in [0.15, 0.2) is 18.2 Å². The van der Waals surface area contributed by atoms with Crippen LogP contribution in [0.25, 0.3) is 0 Å². The Bertz CT molecular complexity index is 613. The molecule has 2 amide bonds. The number of nitrogens with one attached hydrogen (secondary N) is 1. The molecular weight excluding hydrogens is 346 g/mol. The van der Waals surface area contributed by atoms with Crippen molar-refractivity contribution >= 4 is 11.8 Å². The average Bonchev–Trinajstić information content (AvgIpc) is 2.70. The molecule has 1 unspecified atom stereocenters. The number of rotatable bonds is 9. The number of carbonyl (C=O) groups excluding carboxylic acids is 2. The molecule has 7 heteroatoms. The van der Waals surface area contributed by atoms with E-state index in [1.54, 1.807) is 14.2 Å². The van der Waals surface area contributed by atoms with Gasteiger partial charge < -0.3 is 25.4 Å². The summed E-state index contributed by atoms with van der Waals surface area (Å²) in [6.45, 7) is 1.58. The molecule has 1 aromatic carbocycles. The summed E-state index contributed by atoms with van der Waals surface area (Å²) in [5.74, 6) is 1.50. The second-order valence-corrected chi connectivity index (χ2v) is 6.80. The highest BCUT2D eigenvalue weighted by atomic mass is 16.5. The Labute approximate surface area is 161 Å². The Morgan fingerprint density at radius 2 is 1.85 bits per heavy atom. The fraction of sp³-hybridized carbons (Fsp3) is 0.600. The molecule has 1 atom stereocenters. The molecule has 0 aliphatic carbocycles. The number of nitrogens with zero attached hydrogens (tertiary/aromatic N) is 1. The van der Waals surface area contributed by atoms with Crippen molar-refractivity contribution in [2.75, 3.05) is 33.9 Å². The van der Waals surface area contributed by atoms with Crippen molar-refractivity contribution < 1.29 is 19.1 Å². The number of ether oxygens (including phenoxy) is 2. The highest BCUT2D eigenvalue weighted by Crippen LogP contribution is 2.24. The summed E-state index contributed by atoms with van der Waals surface area (Å²) in [5.41, 5.74) is 6.41. The van der Waals surface area contributed by atoms with Gasteiger partial charge in [0.2, 0.25) is 11.8 Å². The number of methoxy groups -OCH3 is 2. The summed E-state index contributed by atoms with van der Waals surface area (Å²) in [5, 5.41) is 2.90. The monoisotopic (exact) mass is 377 g/mol. The normalized spacial score (nSPS) is 16.7. The molecule has 150 valence electrons. The summed E-state index contributed by atoms with van der Waals surface area (Å²) < 4.78 is 10.6. The van der Waals surface area contributed by atoms with Gasteiger partial charge in [0.25, 0.3) is 0 Å². The molecule has 0 spiro atoms. The predicted molar refractivity (Wildman–Crippen MR) is 104 cm³/mol. The first-order valence-corrected chi connectivity index (χ1v) is 9.55. The number of likely N-dealkylation sites (tertiary alicyclic amines) is 1. The van der Waals surface area contributed by atoms with Crippen LogP contribution in [0.5, 0.6) is 11.5 Å². The maximum Gasteiger partial charge on any atom is 0.223 e. The smallest absolute Gasteiger partial charge is 0.223 e. The van der Waals surface area contributed by atoms with E-state index in [9.17, 15) is 9.59 Å². The molecular formula is C20H31N3O4. The first-order chi connectivity index (χ1) is 13.1. The number of piperidine rings is 1. The molecule has 0 radical (unpaired) electrons. The van der Waals surface area contributed by atoms with E-state index >= 15 is 0 Å². The van der Waals surface area contributed by atoms with Crippen LogP contribution < -0.4 is 20.5 Å². The second-order valence-electron chi connectivity index (χ2n) is 6.80. The van der Waals surface area contributed by atoms with Crippen LogP contribution >= 0.6 is 0 Å². The van der Waals surface area contributed by atoms with Crippen LogP contribution in [0, 0.1) is 0 Å². The van der Waals surface area contributed by atoms with Crippen LogP contribution in [0.4, 0.5) is 0 Å². The van der Waals surface area contributed by atoms with Gasteiger partial charge in [0.15, 0.2) is 0 Å². The lowest BCUT2D eigenvalue weighted by molar-refractivity contribution is -0.135. The summed E-state index contributed by atoms with van der Waals surface area (Å²) in [7, 11) is 3.22. The molecule has 1 aliphatic rings. The first kappa shape index (κ1) is 21.0. The third-order valence-electron chi connectivity index (χ3n) is 4.89. The molecule has 1 saturated heterocycles. The van der Waals surface area contributed by atoms with E-state index in [0.29, 0.717) is 32.4 Å². The van der Waals surface area contributed by atoms with Crippen LogP contribution in [0.1, 0.15) is 37.7 Å². The van der Waals surface area contributed by atoms with Gasteiger partial charge in [-0.2, -0.15) is 0 Å². The molecule has 3 N–H and O–H groups in total. The Balaban J connectivity index is 1.93. The summed E-state index contributed by atoms with van der Waals surface area (Å²) >= 11 is 0. The molecule has 7 nitrogen and oxygen atoms in total. The molecule has 1 heterocycles. The maximum atomic E-state index is 12.8. The van der Waals surface area contributed by atoms with E-state index < -0.39 is 0 Å². The highest BCUT2D eigenvalue weighted by Gasteiger charge is 2.26. The minimum absolute atomic E-state index is 0.0565. The molecule has 0 aromatic heterocycles. The van der Waals surface area contributed by atoms with Crippen molar-refractivity contribution in [2.45, 2.75) is 44.6 Å². The highest BCUT2D eigenvalue weighted by molar-refractivity contribution is 5.78. The number of carbonyl (C=O) groups is 2. The predicted octanol–water partition coefficient (Wildman–Crippen LogP) is 1.48. The van der Waals surface area contributed by atoms with Gasteiger partial charge in [-0.1, -0.05) is 0 Å². The van der Waals surface area contributed by atoms with E-state index in [1.165, 1.54) is 0 Å². The molecule has 1 aromatic rings. The third-order valence-corrected chi connectivity index (χ3v) is 4.89. The molecule has 2 rings (SSSR count). The van der Waals surface area contributed by atoms with Crippen LogP contribution in [-0.2, 0) is 16.0 Å². The van der Waals surface area contributed by atoms with Crippen molar-refractivity contribution in [3.63, 3.8) is 0 Å². The Kier molecular flexibility index (Phi) is 8.39.